The molecule has 1 atom stereocenters. The number of hydrogen-bond acceptors (Lipinski definition) is 6. The van der Waals surface area contributed by atoms with Crippen LogP contribution in [0.3, 0.4) is 0 Å². The number of benzene rings is 2. The molecule has 2 N–H and O–H groups in total. The van der Waals surface area contributed by atoms with Crippen LogP contribution in [0.25, 0.3) is 0 Å². The van der Waals surface area contributed by atoms with Gasteiger partial charge >= 0.3 is 12.0 Å². The van der Waals surface area contributed by atoms with Crippen LogP contribution < -0.4 is 20.1 Å². The molecule has 0 fully saturated rings. The molecule has 0 radical (unpaired) electrons. The zero-order valence-electron chi connectivity index (χ0n) is 17.9. The van der Waals surface area contributed by atoms with Gasteiger partial charge in [0.15, 0.2) is 11.5 Å². The van der Waals surface area contributed by atoms with Crippen molar-refractivity contribution in [1.29, 1.82) is 0 Å². The topological polar surface area (TPSA) is 106 Å². The number of ether oxygens (including phenoxy) is 3. The lowest BCUT2D eigenvalue weighted by molar-refractivity contribution is -0.136. The molecule has 0 saturated heterocycles. The largest absolute Gasteiger partial charge is 0.493 e. The maximum atomic E-state index is 12.9. The monoisotopic (exact) mass is 437 g/mol. The van der Waals surface area contributed by atoms with Gasteiger partial charge < -0.3 is 24.8 Å². The van der Waals surface area contributed by atoms with Gasteiger partial charge in [0, 0.05) is 11.8 Å². The number of carbonyl (C=O) groups is 3. The van der Waals surface area contributed by atoms with Crippen LogP contribution >= 0.6 is 0 Å². The van der Waals surface area contributed by atoms with Crippen LogP contribution in [0.1, 0.15) is 17.2 Å². The molecule has 0 aliphatic carbocycles. The highest BCUT2D eigenvalue weighted by Crippen LogP contribution is 2.35. The van der Waals surface area contributed by atoms with Crippen LogP contribution in [-0.2, 0) is 14.3 Å². The summed E-state index contributed by atoms with van der Waals surface area (Å²) in [7, 11) is 3.02. The number of carbonyl (C=O) groups excluding carboxylic acids is 3. The third kappa shape index (κ3) is 3.96. The number of rotatable bonds is 6. The van der Waals surface area contributed by atoms with Crippen molar-refractivity contribution in [3.05, 3.63) is 64.9 Å². The number of aryl methyl sites for hydroxylation is 1. The van der Waals surface area contributed by atoms with Crippen molar-refractivity contribution < 1.29 is 28.6 Å². The van der Waals surface area contributed by atoms with Crippen LogP contribution in [0.15, 0.2) is 53.7 Å². The molecule has 32 heavy (non-hydrogen) atoms. The number of nitrogens with one attached hydrogen (secondary N) is 2. The predicted octanol–water partition coefficient (Wildman–Crippen LogP) is 2.53. The van der Waals surface area contributed by atoms with Gasteiger partial charge in [-0.3, -0.25) is 9.69 Å². The summed E-state index contributed by atoms with van der Waals surface area (Å²) in [4.78, 5) is 39.2. The first-order chi connectivity index (χ1) is 15.4. The highest BCUT2D eigenvalue weighted by molar-refractivity contribution is 6.00. The highest BCUT2D eigenvalue weighted by Gasteiger charge is 2.42. The molecule has 4 rings (SSSR count). The smallest absolute Gasteiger partial charge is 0.338 e. The predicted molar refractivity (Wildman–Crippen MR) is 115 cm³/mol. The molecule has 9 nitrogen and oxygen atoms in total. The molecule has 0 aromatic heterocycles. The van der Waals surface area contributed by atoms with Crippen molar-refractivity contribution in [2.24, 2.45) is 0 Å². The van der Waals surface area contributed by atoms with E-state index < -0.39 is 23.9 Å². The van der Waals surface area contributed by atoms with Crippen molar-refractivity contribution in [1.82, 2.24) is 10.2 Å². The normalized spacial score (nSPS) is 17.5. The highest BCUT2D eigenvalue weighted by atomic mass is 16.5. The number of hydrogen-bond donors (Lipinski definition) is 2. The molecule has 166 valence electrons. The third-order valence-corrected chi connectivity index (χ3v) is 5.38. The fourth-order valence-electron chi connectivity index (χ4n) is 3.75. The minimum atomic E-state index is -0.627. The molecule has 1 unspecified atom stereocenters. The molecule has 9 heteroatoms. The van der Waals surface area contributed by atoms with Crippen LogP contribution in [0.5, 0.6) is 11.5 Å². The number of cyclic esters (lactones) is 1. The van der Waals surface area contributed by atoms with Gasteiger partial charge in [0.25, 0.3) is 0 Å². The van der Waals surface area contributed by atoms with E-state index in [0.717, 1.165) is 11.1 Å². The van der Waals surface area contributed by atoms with E-state index >= 15 is 0 Å². The van der Waals surface area contributed by atoms with E-state index in [9.17, 15) is 14.4 Å². The van der Waals surface area contributed by atoms with Gasteiger partial charge in [0.1, 0.15) is 13.2 Å². The fraction of sp³-hybridized carbons (Fsp3) is 0.261. The lowest BCUT2D eigenvalue weighted by atomic mass is 9.95. The average Bonchev–Trinajstić information content (AvgIpc) is 3.17. The molecule has 2 aliphatic rings. The molecular formula is C23H23N3O6. The lowest BCUT2D eigenvalue weighted by Crippen LogP contribution is -2.49. The first-order valence-electron chi connectivity index (χ1n) is 9.98. The Bertz CT molecular complexity index is 1110. The summed E-state index contributed by atoms with van der Waals surface area (Å²) in [5, 5.41) is 5.55. The third-order valence-electron chi connectivity index (χ3n) is 5.38. The Hall–Kier alpha value is -4.01. The average molecular weight is 437 g/mol. The fourth-order valence-corrected chi connectivity index (χ4v) is 3.75. The summed E-state index contributed by atoms with van der Waals surface area (Å²) in [6, 6.07) is 11.4. The van der Waals surface area contributed by atoms with E-state index in [-0.39, 0.29) is 13.2 Å². The van der Waals surface area contributed by atoms with E-state index in [4.69, 9.17) is 14.2 Å². The van der Waals surface area contributed by atoms with Crippen LogP contribution in [0, 0.1) is 6.92 Å². The second kappa shape index (κ2) is 8.62. The molecule has 2 aromatic rings. The van der Waals surface area contributed by atoms with Crippen molar-refractivity contribution >= 4 is 23.6 Å². The zero-order valence-corrected chi connectivity index (χ0v) is 17.9. The van der Waals surface area contributed by atoms with Crippen LogP contribution in [0.4, 0.5) is 10.5 Å². The van der Waals surface area contributed by atoms with E-state index in [2.05, 4.69) is 10.6 Å². The Kier molecular flexibility index (Phi) is 5.72. The Balaban J connectivity index is 1.55. The Morgan fingerprint density at radius 3 is 2.53 bits per heavy atom. The number of urea groups is 1. The van der Waals surface area contributed by atoms with Crippen molar-refractivity contribution in [3.8, 4) is 11.5 Å². The van der Waals surface area contributed by atoms with Gasteiger partial charge in [0.2, 0.25) is 5.91 Å². The Labute approximate surface area is 184 Å². The van der Waals surface area contributed by atoms with Gasteiger partial charge in [-0.2, -0.15) is 0 Å². The minimum absolute atomic E-state index is 0.0619. The minimum Gasteiger partial charge on any atom is -0.493 e. The van der Waals surface area contributed by atoms with Gasteiger partial charge in [-0.25, -0.2) is 9.59 Å². The summed E-state index contributed by atoms with van der Waals surface area (Å²) in [5.74, 6) is 0.0458. The molecular weight excluding hydrogens is 414 g/mol. The zero-order chi connectivity index (χ0) is 22.8. The Morgan fingerprint density at radius 1 is 1.12 bits per heavy atom. The summed E-state index contributed by atoms with van der Waals surface area (Å²) in [6.07, 6.45) is 0. The summed E-state index contributed by atoms with van der Waals surface area (Å²) >= 11 is 0. The number of nitrogens with zero attached hydrogens (tertiary/aromatic N) is 1. The van der Waals surface area contributed by atoms with Crippen molar-refractivity contribution in [2.45, 2.75) is 13.0 Å². The van der Waals surface area contributed by atoms with Gasteiger partial charge in [-0.1, -0.05) is 29.8 Å². The first-order valence-corrected chi connectivity index (χ1v) is 9.98. The molecule has 2 aliphatic heterocycles. The molecule has 0 bridgehead atoms. The van der Waals surface area contributed by atoms with Gasteiger partial charge in [0.05, 0.1) is 31.5 Å². The molecule has 3 amide bonds. The van der Waals surface area contributed by atoms with Crippen molar-refractivity contribution in [3.63, 3.8) is 0 Å². The van der Waals surface area contributed by atoms with E-state index in [1.54, 1.807) is 18.2 Å². The first kappa shape index (κ1) is 21.2. The van der Waals surface area contributed by atoms with E-state index in [1.165, 1.54) is 19.1 Å². The Morgan fingerprint density at radius 2 is 1.84 bits per heavy atom. The second-order valence-electron chi connectivity index (χ2n) is 7.43. The summed E-state index contributed by atoms with van der Waals surface area (Å²) < 4.78 is 15.6. The molecule has 0 saturated carbocycles. The van der Waals surface area contributed by atoms with Gasteiger partial charge in [-0.05, 0) is 24.6 Å². The number of esters is 1. The number of amides is 3. The molecule has 0 spiro atoms. The quantitative estimate of drug-likeness (QED) is 0.673. The maximum absolute atomic E-state index is 12.9. The number of methoxy groups -OCH3 is 2. The number of anilines is 1. The standard InChI is InChI=1S/C23H23N3O6/c1-13-4-6-14(7-5-13)21-20-16(12-32-22(20)28)26(23(29)25-21)11-19(27)24-15-8-9-17(30-2)18(10-15)31-3/h4-10,21H,11-12H2,1-3H3,(H,24,27)(H,25,29). The van der Waals surface area contributed by atoms with Gasteiger partial charge in [-0.15, -0.1) is 0 Å². The summed E-state index contributed by atoms with van der Waals surface area (Å²) in [5.41, 5.74) is 3.05. The second-order valence-corrected chi connectivity index (χ2v) is 7.43. The maximum Gasteiger partial charge on any atom is 0.338 e. The lowest BCUT2D eigenvalue weighted by Gasteiger charge is -2.32. The molecule has 2 aromatic carbocycles. The molecule has 2 heterocycles. The van der Waals surface area contributed by atoms with E-state index in [1.807, 2.05) is 31.2 Å². The van der Waals surface area contributed by atoms with Crippen molar-refractivity contribution in [2.75, 3.05) is 32.7 Å². The van der Waals surface area contributed by atoms with Crippen LogP contribution in [-0.4, -0.2) is 50.2 Å². The van der Waals surface area contributed by atoms with E-state index in [0.29, 0.717) is 28.5 Å². The van der Waals surface area contributed by atoms with Crippen LogP contribution in [0.2, 0.25) is 0 Å². The summed E-state index contributed by atoms with van der Waals surface area (Å²) in [6.45, 7) is 1.61. The SMILES string of the molecule is COc1ccc(NC(=O)CN2C(=O)NC(c3ccc(C)cc3)C3=C2COC3=O)cc1OC.